The number of nitrogens with two attached hydrogens (primary N) is 1. The maximum Gasteiger partial charge on any atom is 0.152 e. The summed E-state index contributed by atoms with van der Waals surface area (Å²) in [5.41, 5.74) is 6.37. The fraction of sp³-hybridized carbons (Fsp3) is 0.636. The van der Waals surface area contributed by atoms with Gasteiger partial charge in [0.15, 0.2) is 5.82 Å². The zero-order valence-electron chi connectivity index (χ0n) is 9.11. The zero-order chi connectivity index (χ0) is 10.7. The number of anilines is 2. The van der Waals surface area contributed by atoms with Crippen molar-refractivity contribution in [3.05, 3.63) is 12.5 Å². The first kappa shape index (κ1) is 10.2. The first-order chi connectivity index (χ1) is 7.25. The summed E-state index contributed by atoms with van der Waals surface area (Å²) in [5.74, 6) is 2.42. The Morgan fingerprint density at radius 1 is 1.53 bits per heavy atom. The maximum atomic E-state index is 5.75. The van der Waals surface area contributed by atoms with Gasteiger partial charge in [-0.3, -0.25) is 0 Å². The van der Waals surface area contributed by atoms with Crippen LogP contribution < -0.4 is 11.1 Å². The van der Waals surface area contributed by atoms with E-state index in [1.807, 2.05) is 0 Å². The second kappa shape index (κ2) is 4.47. The van der Waals surface area contributed by atoms with E-state index in [1.54, 1.807) is 6.20 Å². The van der Waals surface area contributed by atoms with Crippen LogP contribution in [0.25, 0.3) is 0 Å². The second-order valence-electron chi connectivity index (χ2n) is 4.49. The van der Waals surface area contributed by atoms with Crippen molar-refractivity contribution in [1.29, 1.82) is 0 Å². The third kappa shape index (κ3) is 2.58. The molecule has 0 radical (unpaired) electrons. The van der Waals surface area contributed by atoms with Crippen molar-refractivity contribution in [3.8, 4) is 0 Å². The monoisotopic (exact) mass is 206 g/mol. The highest BCUT2D eigenvalue weighted by molar-refractivity contribution is 5.58. The highest BCUT2D eigenvalue weighted by atomic mass is 15.0. The van der Waals surface area contributed by atoms with Crippen LogP contribution in [0, 0.1) is 11.8 Å². The van der Waals surface area contributed by atoms with Gasteiger partial charge in [-0.05, 0) is 24.7 Å². The van der Waals surface area contributed by atoms with Gasteiger partial charge < -0.3 is 11.1 Å². The van der Waals surface area contributed by atoms with E-state index in [1.165, 1.54) is 25.6 Å². The number of nitrogens with one attached hydrogen (secondary N) is 1. The molecular weight excluding hydrogens is 188 g/mol. The smallest absolute Gasteiger partial charge is 0.152 e. The third-order valence-electron chi connectivity index (χ3n) is 3.10. The Balaban J connectivity index is 1.86. The van der Waals surface area contributed by atoms with Crippen LogP contribution >= 0.6 is 0 Å². The number of nitrogens with zero attached hydrogens (tertiary/aromatic N) is 2. The van der Waals surface area contributed by atoms with Crippen LogP contribution in [0.3, 0.4) is 0 Å². The standard InChI is InChI=1S/C11H18N4/c1-8-2-3-9(4-8)5-14-11-10(12)6-13-7-15-11/h6-9H,2-5,12H2,1H3,(H,13,14,15). The molecule has 0 bridgehead atoms. The lowest BCUT2D eigenvalue weighted by Crippen LogP contribution is -2.13. The van der Waals surface area contributed by atoms with Crippen LogP contribution in [-0.4, -0.2) is 16.5 Å². The molecule has 4 nitrogen and oxygen atoms in total. The Hall–Kier alpha value is -1.32. The molecule has 4 heteroatoms. The summed E-state index contributed by atoms with van der Waals surface area (Å²) in [7, 11) is 0. The van der Waals surface area contributed by atoms with Crippen molar-refractivity contribution in [2.75, 3.05) is 17.6 Å². The summed E-state index contributed by atoms with van der Waals surface area (Å²) in [6, 6.07) is 0. The van der Waals surface area contributed by atoms with Gasteiger partial charge in [-0.2, -0.15) is 0 Å². The summed E-state index contributed by atoms with van der Waals surface area (Å²) < 4.78 is 0. The Labute approximate surface area is 90.3 Å². The van der Waals surface area contributed by atoms with Gasteiger partial charge in [0.1, 0.15) is 6.33 Å². The van der Waals surface area contributed by atoms with Crippen LogP contribution in [0.5, 0.6) is 0 Å². The Morgan fingerprint density at radius 2 is 2.40 bits per heavy atom. The lowest BCUT2D eigenvalue weighted by atomic mass is 10.1. The largest absolute Gasteiger partial charge is 0.394 e. The van der Waals surface area contributed by atoms with E-state index in [4.69, 9.17) is 5.73 Å². The molecule has 15 heavy (non-hydrogen) atoms. The SMILES string of the molecule is CC1CCC(CNc2ncncc2N)C1. The lowest BCUT2D eigenvalue weighted by molar-refractivity contribution is 0.536. The van der Waals surface area contributed by atoms with Crippen molar-refractivity contribution in [2.45, 2.75) is 26.2 Å². The molecule has 2 unspecified atom stereocenters. The minimum absolute atomic E-state index is 0.628. The van der Waals surface area contributed by atoms with Crippen molar-refractivity contribution in [1.82, 2.24) is 9.97 Å². The molecule has 3 N–H and O–H groups in total. The fourth-order valence-corrected chi connectivity index (χ4v) is 2.24. The van der Waals surface area contributed by atoms with E-state index >= 15 is 0 Å². The fourth-order valence-electron chi connectivity index (χ4n) is 2.24. The van der Waals surface area contributed by atoms with Crippen LogP contribution in [0.15, 0.2) is 12.5 Å². The topological polar surface area (TPSA) is 63.8 Å². The third-order valence-corrected chi connectivity index (χ3v) is 3.10. The molecule has 1 saturated carbocycles. The average molecular weight is 206 g/mol. The van der Waals surface area contributed by atoms with Crippen molar-refractivity contribution < 1.29 is 0 Å². The van der Waals surface area contributed by atoms with Gasteiger partial charge in [0.2, 0.25) is 0 Å². The number of hydrogen-bond acceptors (Lipinski definition) is 4. The molecule has 1 aromatic heterocycles. The van der Waals surface area contributed by atoms with Gasteiger partial charge in [-0.1, -0.05) is 13.3 Å². The molecule has 0 saturated heterocycles. The number of rotatable bonds is 3. The summed E-state index contributed by atoms with van der Waals surface area (Å²) >= 11 is 0. The number of aromatic nitrogens is 2. The summed E-state index contributed by atoms with van der Waals surface area (Å²) in [5, 5.41) is 3.30. The molecule has 1 fully saturated rings. The molecule has 82 valence electrons. The molecule has 2 atom stereocenters. The van der Waals surface area contributed by atoms with E-state index in [0.29, 0.717) is 5.69 Å². The summed E-state index contributed by atoms with van der Waals surface area (Å²) in [4.78, 5) is 7.97. The highest BCUT2D eigenvalue weighted by Gasteiger charge is 2.21. The molecule has 1 heterocycles. The molecule has 1 aliphatic rings. The van der Waals surface area contributed by atoms with E-state index in [-0.39, 0.29) is 0 Å². The molecule has 2 rings (SSSR count). The lowest BCUT2D eigenvalue weighted by Gasteiger charge is -2.12. The van der Waals surface area contributed by atoms with E-state index in [9.17, 15) is 0 Å². The summed E-state index contributed by atoms with van der Waals surface area (Å²) in [6.45, 7) is 3.30. The molecule has 1 aromatic rings. The van der Waals surface area contributed by atoms with Gasteiger partial charge in [-0.15, -0.1) is 0 Å². The first-order valence-electron chi connectivity index (χ1n) is 5.55. The quantitative estimate of drug-likeness (QED) is 0.793. The first-order valence-corrected chi connectivity index (χ1v) is 5.55. The van der Waals surface area contributed by atoms with Gasteiger partial charge >= 0.3 is 0 Å². The molecule has 0 amide bonds. The van der Waals surface area contributed by atoms with Gasteiger partial charge in [0, 0.05) is 6.54 Å². The highest BCUT2D eigenvalue weighted by Crippen LogP contribution is 2.30. The minimum Gasteiger partial charge on any atom is -0.394 e. The molecule has 0 aromatic carbocycles. The van der Waals surface area contributed by atoms with E-state index in [2.05, 4.69) is 22.2 Å². The minimum atomic E-state index is 0.628. The zero-order valence-corrected chi connectivity index (χ0v) is 9.11. The van der Waals surface area contributed by atoms with Gasteiger partial charge in [0.05, 0.1) is 11.9 Å². The molecular formula is C11H18N4. The van der Waals surface area contributed by atoms with Crippen molar-refractivity contribution in [2.24, 2.45) is 11.8 Å². The van der Waals surface area contributed by atoms with E-state index in [0.717, 1.165) is 24.2 Å². The molecule has 0 aliphatic heterocycles. The van der Waals surface area contributed by atoms with Crippen LogP contribution in [0.2, 0.25) is 0 Å². The second-order valence-corrected chi connectivity index (χ2v) is 4.49. The predicted molar refractivity (Wildman–Crippen MR) is 61.4 cm³/mol. The van der Waals surface area contributed by atoms with Crippen molar-refractivity contribution >= 4 is 11.5 Å². The van der Waals surface area contributed by atoms with Gasteiger partial charge in [-0.25, -0.2) is 9.97 Å². The number of nitrogen functional groups attached to an aromatic ring is 1. The summed E-state index contributed by atoms with van der Waals surface area (Å²) in [6.07, 6.45) is 7.14. The normalized spacial score (nSPS) is 25.4. The Bertz CT molecular complexity index is 326. The average Bonchev–Trinajstić information content (AvgIpc) is 2.63. The van der Waals surface area contributed by atoms with E-state index < -0.39 is 0 Å². The molecule has 1 aliphatic carbocycles. The Kier molecular flexibility index (Phi) is 3.04. The van der Waals surface area contributed by atoms with Gasteiger partial charge in [0.25, 0.3) is 0 Å². The Morgan fingerprint density at radius 3 is 3.07 bits per heavy atom. The number of hydrogen-bond donors (Lipinski definition) is 2. The maximum absolute atomic E-state index is 5.75. The predicted octanol–water partition coefficient (Wildman–Crippen LogP) is 1.91. The van der Waals surface area contributed by atoms with Crippen LogP contribution in [0.4, 0.5) is 11.5 Å². The molecule has 0 spiro atoms. The van der Waals surface area contributed by atoms with Crippen molar-refractivity contribution in [3.63, 3.8) is 0 Å². The van der Waals surface area contributed by atoms with Crippen LogP contribution in [-0.2, 0) is 0 Å². The van der Waals surface area contributed by atoms with Crippen LogP contribution in [0.1, 0.15) is 26.2 Å².